The molecule has 1 fully saturated rings. The second-order valence-corrected chi connectivity index (χ2v) is 7.19. The van der Waals surface area contributed by atoms with Crippen molar-refractivity contribution in [3.63, 3.8) is 0 Å². The molecule has 1 aliphatic carbocycles. The quantitative estimate of drug-likeness (QED) is 0.835. The van der Waals surface area contributed by atoms with Gasteiger partial charge in [-0.2, -0.15) is 0 Å². The van der Waals surface area contributed by atoms with Gasteiger partial charge in [0.1, 0.15) is 0 Å². The molecule has 1 saturated carbocycles. The first kappa shape index (κ1) is 14.6. The Hall–Kier alpha value is -0.820. The molecular weight excluding hydrogens is 230 g/mol. The topological polar surface area (TPSA) is 12.0 Å². The van der Waals surface area contributed by atoms with Gasteiger partial charge in [-0.05, 0) is 50.6 Å². The molecule has 0 spiro atoms. The summed E-state index contributed by atoms with van der Waals surface area (Å²) in [5, 5.41) is 3.69. The molecule has 0 unspecified atom stereocenters. The van der Waals surface area contributed by atoms with Crippen molar-refractivity contribution < 1.29 is 0 Å². The molecule has 1 aromatic carbocycles. The lowest BCUT2D eigenvalue weighted by atomic mass is 9.59. The fraction of sp³-hybridized carbons (Fsp3) is 0.667. The maximum Gasteiger partial charge on any atom is 0.00830 e. The van der Waals surface area contributed by atoms with E-state index in [0.717, 1.165) is 24.9 Å². The summed E-state index contributed by atoms with van der Waals surface area (Å²) in [4.78, 5) is 0. The van der Waals surface area contributed by atoms with Crippen LogP contribution in [0.15, 0.2) is 18.2 Å². The summed E-state index contributed by atoms with van der Waals surface area (Å²) in [5.41, 5.74) is 4.75. The number of aryl methyl sites for hydroxylation is 2. The Kier molecular flexibility index (Phi) is 4.35. The minimum atomic E-state index is 0.394. The van der Waals surface area contributed by atoms with Crippen molar-refractivity contribution in [2.45, 2.75) is 52.9 Å². The zero-order valence-electron chi connectivity index (χ0n) is 13.2. The second-order valence-electron chi connectivity index (χ2n) is 7.19. The molecule has 106 valence electrons. The molecule has 0 aromatic heterocycles. The largest absolute Gasteiger partial charge is 0.316 e. The third-order valence-corrected chi connectivity index (χ3v) is 4.33. The average molecular weight is 259 g/mol. The molecule has 2 rings (SSSR count). The molecule has 0 atom stereocenters. The highest BCUT2D eigenvalue weighted by atomic mass is 14.9. The van der Waals surface area contributed by atoms with Crippen molar-refractivity contribution in [2.24, 2.45) is 11.8 Å². The van der Waals surface area contributed by atoms with Gasteiger partial charge in [0.15, 0.2) is 0 Å². The number of hydrogen-bond acceptors (Lipinski definition) is 1. The van der Waals surface area contributed by atoms with Crippen LogP contribution in [0.3, 0.4) is 0 Å². The summed E-state index contributed by atoms with van der Waals surface area (Å²) >= 11 is 0. The van der Waals surface area contributed by atoms with Crippen LogP contribution in [-0.4, -0.2) is 13.1 Å². The molecule has 0 aliphatic heterocycles. The predicted octanol–water partition coefficient (Wildman–Crippen LogP) is 4.22. The van der Waals surface area contributed by atoms with Crippen molar-refractivity contribution in [1.82, 2.24) is 5.32 Å². The van der Waals surface area contributed by atoms with Crippen molar-refractivity contribution in [1.29, 1.82) is 0 Å². The van der Waals surface area contributed by atoms with Crippen LogP contribution in [0.2, 0.25) is 0 Å². The van der Waals surface area contributed by atoms with Crippen LogP contribution in [0, 0.1) is 25.7 Å². The molecule has 1 nitrogen and oxygen atoms in total. The molecule has 1 N–H and O–H groups in total. The molecule has 0 amide bonds. The van der Waals surface area contributed by atoms with Gasteiger partial charge < -0.3 is 5.32 Å². The zero-order valence-corrected chi connectivity index (χ0v) is 13.2. The number of rotatable bonds is 5. The van der Waals surface area contributed by atoms with Crippen molar-refractivity contribution in [2.75, 3.05) is 13.1 Å². The molecule has 0 bridgehead atoms. The lowest BCUT2D eigenvalue weighted by molar-refractivity contribution is 0.151. The van der Waals surface area contributed by atoms with Gasteiger partial charge in [-0.1, -0.05) is 50.1 Å². The summed E-state index contributed by atoms with van der Waals surface area (Å²) in [6.07, 6.45) is 2.67. The first-order valence-corrected chi connectivity index (χ1v) is 7.71. The summed E-state index contributed by atoms with van der Waals surface area (Å²) in [6, 6.07) is 7.08. The Labute approximate surface area is 118 Å². The molecule has 0 saturated heterocycles. The van der Waals surface area contributed by atoms with Gasteiger partial charge in [-0.3, -0.25) is 0 Å². The third-order valence-electron chi connectivity index (χ3n) is 4.33. The first-order valence-electron chi connectivity index (χ1n) is 7.71. The normalized spacial score (nSPS) is 26.5. The lowest BCUT2D eigenvalue weighted by Gasteiger charge is -2.48. The maximum atomic E-state index is 3.69. The van der Waals surface area contributed by atoms with E-state index < -0.39 is 0 Å². The highest BCUT2D eigenvalue weighted by molar-refractivity contribution is 5.36. The van der Waals surface area contributed by atoms with E-state index in [4.69, 9.17) is 0 Å². The number of nitrogens with one attached hydrogen (secondary N) is 1. The number of hydrogen-bond donors (Lipinski definition) is 1. The Morgan fingerprint density at radius 2 is 1.74 bits per heavy atom. The van der Waals surface area contributed by atoms with Gasteiger partial charge in [0.05, 0.1) is 0 Å². The van der Waals surface area contributed by atoms with E-state index in [2.05, 4.69) is 58.1 Å². The standard InChI is InChI=1S/C18H29N/c1-13(2)11-19-12-18(9-16(5)10-18)17-7-14(3)6-15(4)8-17/h6-8,13,16,19H,9-12H2,1-5H3. The van der Waals surface area contributed by atoms with Crippen molar-refractivity contribution >= 4 is 0 Å². The molecule has 19 heavy (non-hydrogen) atoms. The fourth-order valence-corrected chi connectivity index (χ4v) is 3.64. The fourth-order valence-electron chi connectivity index (χ4n) is 3.64. The van der Waals surface area contributed by atoms with Crippen LogP contribution < -0.4 is 5.32 Å². The SMILES string of the molecule is Cc1cc(C)cc(C2(CNCC(C)C)CC(C)C2)c1. The Morgan fingerprint density at radius 1 is 1.16 bits per heavy atom. The summed E-state index contributed by atoms with van der Waals surface area (Å²) in [5.74, 6) is 1.61. The van der Waals surface area contributed by atoms with Crippen LogP contribution >= 0.6 is 0 Å². The highest BCUT2D eigenvalue weighted by Crippen LogP contribution is 2.47. The minimum absolute atomic E-state index is 0.394. The van der Waals surface area contributed by atoms with E-state index in [1.807, 2.05) is 0 Å². The van der Waals surface area contributed by atoms with E-state index >= 15 is 0 Å². The van der Waals surface area contributed by atoms with Crippen molar-refractivity contribution in [3.8, 4) is 0 Å². The average Bonchev–Trinajstić information content (AvgIpc) is 2.24. The highest BCUT2D eigenvalue weighted by Gasteiger charge is 2.43. The van der Waals surface area contributed by atoms with Gasteiger partial charge in [0.2, 0.25) is 0 Å². The minimum Gasteiger partial charge on any atom is -0.316 e. The lowest BCUT2D eigenvalue weighted by Crippen LogP contribution is -2.48. The Balaban J connectivity index is 2.14. The van der Waals surface area contributed by atoms with E-state index in [1.54, 1.807) is 5.56 Å². The molecule has 1 heteroatoms. The zero-order chi connectivity index (χ0) is 14.0. The Bertz CT molecular complexity index is 407. The summed E-state index contributed by atoms with van der Waals surface area (Å²) < 4.78 is 0. The van der Waals surface area contributed by atoms with Gasteiger partial charge in [0, 0.05) is 12.0 Å². The predicted molar refractivity (Wildman–Crippen MR) is 83.7 cm³/mol. The monoisotopic (exact) mass is 259 g/mol. The molecule has 0 heterocycles. The first-order chi connectivity index (χ1) is 8.91. The maximum absolute atomic E-state index is 3.69. The van der Waals surface area contributed by atoms with E-state index in [1.165, 1.54) is 24.0 Å². The summed E-state index contributed by atoms with van der Waals surface area (Å²) in [6.45, 7) is 13.6. The van der Waals surface area contributed by atoms with E-state index in [0.29, 0.717) is 5.41 Å². The van der Waals surface area contributed by atoms with Crippen LogP contribution in [-0.2, 0) is 5.41 Å². The van der Waals surface area contributed by atoms with E-state index in [-0.39, 0.29) is 0 Å². The van der Waals surface area contributed by atoms with Crippen LogP contribution in [0.25, 0.3) is 0 Å². The Morgan fingerprint density at radius 3 is 2.21 bits per heavy atom. The van der Waals surface area contributed by atoms with Gasteiger partial charge in [0.25, 0.3) is 0 Å². The second kappa shape index (κ2) is 5.66. The summed E-state index contributed by atoms with van der Waals surface area (Å²) in [7, 11) is 0. The van der Waals surface area contributed by atoms with Gasteiger partial charge >= 0.3 is 0 Å². The van der Waals surface area contributed by atoms with E-state index in [9.17, 15) is 0 Å². The van der Waals surface area contributed by atoms with Crippen molar-refractivity contribution in [3.05, 3.63) is 34.9 Å². The van der Waals surface area contributed by atoms with Crippen LogP contribution in [0.4, 0.5) is 0 Å². The third kappa shape index (κ3) is 3.39. The molecular formula is C18H29N. The molecule has 1 aromatic rings. The van der Waals surface area contributed by atoms with Crippen LogP contribution in [0.5, 0.6) is 0 Å². The van der Waals surface area contributed by atoms with Crippen LogP contribution in [0.1, 0.15) is 50.3 Å². The smallest absolute Gasteiger partial charge is 0.00830 e. The molecule has 0 radical (unpaired) electrons. The van der Waals surface area contributed by atoms with Gasteiger partial charge in [-0.25, -0.2) is 0 Å². The number of benzene rings is 1. The molecule has 1 aliphatic rings. The van der Waals surface area contributed by atoms with Gasteiger partial charge in [-0.15, -0.1) is 0 Å².